The van der Waals surface area contributed by atoms with Crippen molar-refractivity contribution in [2.45, 2.75) is 26.6 Å². The van der Waals surface area contributed by atoms with Crippen molar-refractivity contribution in [1.29, 1.82) is 0 Å². The van der Waals surface area contributed by atoms with Gasteiger partial charge < -0.3 is 5.32 Å². The minimum atomic E-state index is 0.698. The standard InChI is InChI=1S/C15H17BrN6/c1-2-22-19-10-14(20-22)9-17-7-12-8-18-21(11-12)15-5-3-13(16)4-6-15/h3-6,8,10-11,17H,2,7,9H2,1H3. The van der Waals surface area contributed by atoms with Gasteiger partial charge in [0, 0.05) is 29.3 Å². The topological polar surface area (TPSA) is 60.6 Å². The lowest BCUT2D eigenvalue weighted by atomic mass is 10.3. The number of hydrogen-bond donors (Lipinski definition) is 1. The van der Waals surface area contributed by atoms with E-state index in [0.717, 1.165) is 34.5 Å². The van der Waals surface area contributed by atoms with Crippen LogP contribution in [-0.2, 0) is 19.6 Å². The van der Waals surface area contributed by atoms with Crippen LogP contribution in [0.4, 0.5) is 0 Å². The Morgan fingerprint density at radius 2 is 1.91 bits per heavy atom. The van der Waals surface area contributed by atoms with Gasteiger partial charge in [-0.05, 0) is 31.2 Å². The van der Waals surface area contributed by atoms with Crippen LogP contribution in [0.1, 0.15) is 18.2 Å². The molecule has 7 heteroatoms. The highest BCUT2D eigenvalue weighted by atomic mass is 79.9. The van der Waals surface area contributed by atoms with Gasteiger partial charge in [0.2, 0.25) is 0 Å². The van der Waals surface area contributed by atoms with Gasteiger partial charge in [-0.2, -0.15) is 20.1 Å². The van der Waals surface area contributed by atoms with Gasteiger partial charge in [0.15, 0.2) is 0 Å². The zero-order valence-electron chi connectivity index (χ0n) is 12.3. The number of halogens is 1. The molecule has 22 heavy (non-hydrogen) atoms. The Kier molecular flexibility index (Phi) is 4.65. The van der Waals surface area contributed by atoms with Crippen LogP contribution < -0.4 is 5.32 Å². The summed E-state index contributed by atoms with van der Waals surface area (Å²) in [6.07, 6.45) is 5.69. The van der Waals surface area contributed by atoms with Crippen molar-refractivity contribution in [1.82, 2.24) is 30.1 Å². The number of rotatable bonds is 6. The summed E-state index contributed by atoms with van der Waals surface area (Å²) in [5.41, 5.74) is 3.12. The first kappa shape index (κ1) is 14.9. The summed E-state index contributed by atoms with van der Waals surface area (Å²) in [6.45, 7) is 4.26. The van der Waals surface area contributed by atoms with Crippen molar-refractivity contribution < 1.29 is 0 Å². The van der Waals surface area contributed by atoms with Gasteiger partial charge in [0.1, 0.15) is 0 Å². The quantitative estimate of drug-likeness (QED) is 0.733. The number of aryl methyl sites for hydroxylation is 1. The van der Waals surface area contributed by atoms with Crippen LogP contribution in [0.3, 0.4) is 0 Å². The summed E-state index contributed by atoms with van der Waals surface area (Å²) in [5, 5.41) is 16.2. The first-order valence-electron chi connectivity index (χ1n) is 7.14. The Balaban J connectivity index is 1.56. The number of benzene rings is 1. The molecule has 0 unspecified atom stereocenters. The summed E-state index contributed by atoms with van der Waals surface area (Å²) >= 11 is 3.43. The zero-order chi connectivity index (χ0) is 15.4. The largest absolute Gasteiger partial charge is 0.307 e. The summed E-state index contributed by atoms with van der Waals surface area (Å²) in [6, 6.07) is 8.06. The fourth-order valence-electron chi connectivity index (χ4n) is 2.09. The Morgan fingerprint density at radius 1 is 1.09 bits per heavy atom. The Hall–Kier alpha value is -1.99. The van der Waals surface area contributed by atoms with Crippen LogP contribution >= 0.6 is 15.9 Å². The molecule has 2 heterocycles. The molecule has 0 aliphatic heterocycles. The minimum Gasteiger partial charge on any atom is -0.307 e. The number of hydrogen-bond acceptors (Lipinski definition) is 4. The van der Waals surface area contributed by atoms with Crippen LogP contribution in [0, 0.1) is 0 Å². The molecule has 0 radical (unpaired) electrons. The van der Waals surface area contributed by atoms with E-state index in [4.69, 9.17) is 0 Å². The predicted octanol–water partition coefficient (Wildman–Crippen LogP) is 2.54. The van der Waals surface area contributed by atoms with Crippen molar-refractivity contribution in [3.8, 4) is 5.69 Å². The third-order valence-electron chi connectivity index (χ3n) is 3.23. The molecular formula is C15H17BrN6. The molecule has 0 atom stereocenters. The van der Waals surface area contributed by atoms with E-state index in [0.29, 0.717) is 6.54 Å². The van der Waals surface area contributed by atoms with E-state index >= 15 is 0 Å². The van der Waals surface area contributed by atoms with Crippen molar-refractivity contribution in [3.63, 3.8) is 0 Å². The Labute approximate surface area is 137 Å². The van der Waals surface area contributed by atoms with E-state index in [2.05, 4.69) is 36.5 Å². The van der Waals surface area contributed by atoms with E-state index < -0.39 is 0 Å². The summed E-state index contributed by atoms with van der Waals surface area (Å²) in [5.74, 6) is 0. The highest BCUT2D eigenvalue weighted by Crippen LogP contribution is 2.14. The molecule has 1 aromatic carbocycles. The maximum atomic E-state index is 4.39. The van der Waals surface area contributed by atoms with Gasteiger partial charge in [-0.3, -0.25) is 0 Å². The lowest BCUT2D eigenvalue weighted by Gasteiger charge is -2.01. The molecule has 0 saturated heterocycles. The normalized spacial score (nSPS) is 11.0. The van der Waals surface area contributed by atoms with Gasteiger partial charge in [0.25, 0.3) is 0 Å². The van der Waals surface area contributed by atoms with E-state index in [9.17, 15) is 0 Å². The maximum Gasteiger partial charge on any atom is 0.0965 e. The first-order chi connectivity index (χ1) is 10.7. The van der Waals surface area contributed by atoms with Crippen LogP contribution in [0.2, 0.25) is 0 Å². The summed E-state index contributed by atoms with van der Waals surface area (Å²) in [4.78, 5) is 1.68. The number of aromatic nitrogens is 5. The lowest BCUT2D eigenvalue weighted by molar-refractivity contribution is 0.557. The SMILES string of the molecule is CCn1ncc(CNCc2cnn(-c3ccc(Br)cc3)c2)n1. The average Bonchev–Trinajstić information content (AvgIpc) is 3.17. The second kappa shape index (κ2) is 6.85. The van der Waals surface area contributed by atoms with E-state index in [-0.39, 0.29) is 0 Å². The summed E-state index contributed by atoms with van der Waals surface area (Å²) in [7, 11) is 0. The Bertz CT molecular complexity index is 731. The highest BCUT2D eigenvalue weighted by molar-refractivity contribution is 9.10. The third kappa shape index (κ3) is 3.61. The van der Waals surface area contributed by atoms with E-state index in [1.54, 1.807) is 11.0 Å². The lowest BCUT2D eigenvalue weighted by Crippen LogP contribution is -2.13. The second-order valence-electron chi connectivity index (χ2n) is 4.90. The molecule has 6 nitrogen and oxygen atoms in total. The van der Waals surface area contributed by atoms with Crippen molar-refractivity contribution >= 4 is 15.9 Å². The molecule has 0 bridgehead atoms. The molecule has 3 rings (SSSR count). The third-order valence-corrected chi connectivity index (χ3v) is 3.76. The van der Waals surface area contributed by atoms with Crippen LogP contribution in [0.15, 0.2) is 47.3 Å². The first-order valence-corrected chi connectivity index (χ1v) is 7.93. The summed E-state index contributed by atoms with van der Waals surface area (Å²) < 4.78 is 2.93. The maximum absolute atomic E-state index is 4.39. The molecule has 0 saturated carbocycles. The molecule has 2 aromatic heterocycles. The van der Waals surface area contributed by atoms with Crippen molar-refractivity contribution in [2.24, 2.45) is 0 Å². The molecule has 114 valence electrons. The van der Waals surface area contributed by atoms with Crippen LogP contribution in [0.5, 0.6) is 0 Å². The van der Waals surface area contributed by atoms with Crippen molar-refractivity contribution in [3.05, 3.63) is 58.6 Å². The fraction of sp³-hybridized carbons (Fsp3) is 0.267. The van der Waals surface area contributed by atoms with Gasteiger partial charge >= 0.3 is 0 Å². The minimum absolute atomic E-state index is 0.698. The molecule has 0 aliphatic carbocycles. The van der Waals surface area contributed by atoms with Gasteiger partial charge in [-0.15, -0.1) is 0 Å². The molecular weight excluding hydrogens is 344 g/mol. The van der Waals surface area contributed by atoms with Gasteiger partial charge in [0.05, 0.1) is 30.3 Å². The van der Waals surface area contributed by atoms with Gasteiger partial charge in [-0.25, -0.2) is 4.68 Å². The molecule has 0 fully saturated rings. The smallest absolute Gasteiger partial charge is 0.0965 e. The molecule has 0 spiro atoms. The second-order valence-corrected chi connectivity index (χ2v) is 5.81. The Morgan fingerprint density at radius 3 is 2.64 bits per heavy atom. The number of nitrogens with one attached hydrogen (secondary N) is 1. The highest BCUT2D eigenvalue weighted by Gasteiger charge is 2.03. The van der Waals surface area contributed by atoms with E-state index in [1.807, 2.05) is 48.3 Å². The molecule has 0 aliphatic rings. The van der Waals surface area contributed by atoms with Crippen LogP contribution in [-0.4, -0.2) is 24.8 Å². The van der Waals surface area contributed by atoms with Crippen LogP contribution in [0.25, 0.3) is 5.69 Å². The number of nitrogens with zero attached hydrogens (tertiary/aromatic N) is 5. The zero-order valence-corrected chi connectivity index (χ0v) is 13.9. The molecule has 0 amide bonds. The predicted molar refractivity (Wildman–Crippen MR) is 87.5 cm³/mol. The van der Waals surface area contributed by atoms with E-state index in [1.165, 1.54) is 0 Å². The van der Waals surface area contributed by atoms with Crippen molar-refractivity contribution in [2.75, 3.05) is 0 Å². The van der Waals surface area contributed by atoms with Gasteiger partial charge in [-0.1, -0.05) is 15.9 Å². The molecule has 1 N–H and O–H groups in total. The fourth-order valence-corrected chi connectivity index (χ4v) is 2.35. The molecule has 3 aromatic rings. The average molecular weight is 361 g/mol. The monoisotopic (exact) mass is 360 g/mol.